The van der Waals surface area contributed by atoms with Crippen molar-refractivity contribution in [3.63, 3.8) is 0 Å². The van der Waals surface area contributed by atoms with Crippen LogP contribution in [0, 0.1) is 0 Å². The lowest BCUT2D eigenvalue weighted by atomic mass is 9.87. The third-order valence-electron chi connectivity index (χ3n) is 10.0. The molecule has 0 aliphatic carbocycles. The van der Waals surface area contributed by atoms with Crippen LogP contribution < -0.4 is 0 Å². The van der Waals surface area contributed by atoms with Crippen molar-refractivity contribution in [3.05, 3.63) is 72.0 Å². The van der Waals surface area contributed by atoms with E-state index in [1.165, 1.54) is 11.1 Å². The Kier molecular flexibility index (Phi) is 16.4. The van der Waals surface area contributed by atoms with Crippen LogP contribution in [0.2, 0.25) is 34.8 Å². The zero-order chi connectivity index (χ0) is 32.8. The summed E-state index contributed by atoms with van der Waals surface area (Å²) in [7, 11) is -3.74. The van der Waals surface area contributed by atoms with Crippen LogP contribution in [0.25, 0.3) is 0 Å². The minimum Gasteiger partial charge on any atom is -0.488 e. The standard InChI is InChI=1S/C38H66O4Si2/c1-12-22-35-36(25-21-28-40-44(31(5)6,32(7)8)33(9)10)41-38(11,29-37(35)42-43(13-2,14-3)15-4)26-19-20-27-39-30-34-23-17-16-18-24-34/h12,16-19,23-24,26,31-33,37H,1,13-15,20-22,25,27-30H2,2-11H3/b26-19+/t37-,38+/m0/s1. The monoisotopic (exact) mass is 642 g/mol. The van der Waals surface area contributed by atoms with Gasteiger partial charge in [0, 0.05) is 19.4 Å². The van der Waals surface area contributed by atoms with Crippen LogP contribution in [0.5, 0.6) is 0 Å². The maximum Gasteiger partial charge on any atom is 0.200 e. The van der Waals surface area contributed by atoms with Gasteiger partial charge in [-0.2, -0.15) is 0 Å². The molecule has 2 rings (SSSR count). The Morgan fingerprint density at radius 2 is 1.57 bits per heavy atom. The van der Waals surface area contributed by atoms with E-state index in [0.717, 1.165) is 62.6 Å². The molecule has 4 nitrogen and oxygen atoms in total. The lowest BCUT2D eigenvalue weighted by molar-refractivity contribution is -0.00850. The normalized spacial score (nSPS) is 19.9. The smallest absolute Gasteiger partial charge is 0.200 e. The number of allylic oxidation sites excluding steroid dienone is 2. The topological polar surface area (TPSA) is 36.9 Å². The SMILES string of the molecule is C=CCC1=C(CCCO[Si](C(C)C)(C(C)C)C(C)C)O[C@](C)(/C=C/CCOCc2ccccc2)C[C@@H]1O[Si](CC)(CC)CC. The zero-order valence-electron chi connectivity index (χ0n) is 30.0. The first-order valence-electron chi connectivity index (χ1n) is 17.5. The average molecular weight is 643 g/mol. The van der Waals surface area contributed by atoms with Gasteiger partial charge in [0.2, 0.25) is 0 Å². The Hall–Kier alpha value is -1.45. The van der Waals surface area contributed by atoms with Crippen molar-refractivity contribution < 1.29 is 18.3 Å². The molecule has 1 heterocycles. The van der Waals surface area contributed by atoms with Crippen molar-refractivity contribution in [1.82, 2.24) is 0 Å². The van der Waals surface area contributed by atoms with Gasteiger partial charge in [0.1, 0.15) is 5.60 Å². The third-order valence-corrected chi connectivity index (χ3v) is 20.8. The number of benzene rings is 1. The summed E-state index contributed by atoms with van der Waals surface area (Å²) in [6.07, 6.45) is 10.9. The highest BCUT2D eigenvalue weighted by molar-refractivity contribution is 6.77. The molecule has 0 aromatic heterocycles. The fraction of sp³-hybridized carbons (Fsp3) is 0.684. The fourth-order valence-corrected chi connectivity index (χ4v) is 15.7. The summed E-state index contributed by atoms with van der Waals surface area (Å²) in [5, 5.41) is 0. The Morgan fingerprint density at radius 3 is 2.11 bits per heavy atom. The fourth-order valence-electron chi connectivity index (χ4n) is 7.42. The molecular weight excluding hydrogens is 577 g/mol. The molecule has 0 amide bonds. The molecule has 2 atom stereocenters. The minimum absolute atomic E-state index is 0.0589. The van der Waals surface area contributed by atoms with E-state index in [1.54, 1.807) is 0 Å². The number of ether oxygens (including phenoxy) is 2. The Labute approximate surface area is 273 Å². The second-order valence-electron chi connectivity index (χ2n) is 13.9. The number of hydrogen-bond donors (Lipinski definition) is 0. The van der Waals surface area contributed by atoms with Gasteiger partial charge in [-0.25, -0.2) is 0 Å². The second-order valence-corrected chi connectivity index (χ2v) is 24.1. The van der Waals surface area contributed by atoms with Gasteiger partial charge >= 0.3 is 0 Å². The summed E-state index contributed by atoms with van der Waals surface area (Å²) in [4.78, 5) is 0. The van der Waals surface area contributed by atoms with Crippen LogP contribution in [0.1, 0.15) is 107 Å². The summed E-state index contributed by atoms with van der Waals surface area (Å²) in [6, 6.07) is 13.8. The van der Waals surface area contributed by atoms with E-state index < -0.39 is 22.2 Å². The molecule has 44 heavy (non-hydrogen) atoms. The van der Waals surface area contributed by atoms with Crippen molar-refractivity contribution in [2.75, 3.05) is 13.2 Å². The average Bonchev–Trinajstić information content (AvgIpc) is 2.99. The van der Waals surface area contributed by atoms with Crippen molar-refractivity contribution in [2.24, 2.45) is 0 Å². The molecule has 1 aliphatic heterocycles. The summed E-state index contributed by atoms with van der Waals surface area (Å²) in [5.74, 6) is 1.09. The lowest BCUT2D eigenvalue weighted by Crippen LogP contribution is -2.48. The van der Waals surface area contributed by atoms with Gasteiger partial charge in [0.05, 0.1) is 25.1 Å². The second kappa shape index (κ2) is 18.6. The van der Waals surface area contributed by atoms with Crippen LogP contribution in [-0.4, -0.2) is 41.6 Å². The molecule has 0 saturated heterocycles. The van der Waals surface area contributed by atoms with E-state index in [9.17, 15) is 0 Å². The van der Waals surface area contributed by atoms with Crippen molar-refractivity contribution in [1.29, 1.82) is 0 Å². The van der Waals surface area contributed by atoms with Crippen LogP contribution in [0.15, 0.2) is 66.5 Å². The van der Waals surface area contributed by atoms with Crippen molar-refractivity contribution >= 4 is 16.6 Å². The molecule has 0 saturated carbocycles. The molecule has 0 radical (unpaired) electrons. The molecule has 0 bridgehead atoms. The quantitative estimate of drug-likeness (QED) is 0.0759. The van der Waals surface area contributed by atoms with E-state index in [-0.39, 0.29) is 6.10 Å². The van der Waals surface area contributed by atoms with Gasteiger partial charge in [0.25, 0.3) is 0 Å². The maximum atomic E-state index is 7.24. The molecule has 250 valence electrons. The summed E-state index contributed by atoms with van der Waals surface area (Å²) < 4.78 is 27.0. The molecule has 1 aromatic rings. The van der Waals surface area contributed by atoms with Crippen LogP contribution >= 0.6 is 0 Å². The highest BCUT2D eigenvalue weighted by atomic mass is 28.4. The van der Waals surface area contributed by atoms with E-state index in [1.807, 2.05) is 12.1 Å². The van der Waals surface area contributed by atoms with E-state index >= 15 is 0 Å². The van der Waals surface area contributed by atoms with Crippen LogP contribution in [0.4, 0.5) is 0 Å². The molecule has 0 spiro atoms. The predicted octanol–water partition coefficient (Wildman–Crippen LogP) is 11.5. The molecule has 6 heteroatoms. The van der Waals surface area contributed by atoms with Gasteiger partial charge in [-0.3, -0.25) is 0 Å². The van der Waals surface area contributed by atoms with Gasteiger partial charge < -0.3 is 18.3 Å². The molecule has 1 aliphatic rings. The van der Waals surface area contributed by atoms with Crippen molar-refractivity contribution in [2.45, 2.75) is 154 Å². The van der Waals surface area contributed by atoms with Crippen LogP contribution in [-0.2, 0) is 24.9 Å². The Morgan fingerprint density at radius 1 is 0.955 bits per heavy atom. The predicted molar refractivity (Wildman–Crippen MR) is 194 cm³/mol. The zero-order valence-corrected chi connectivity index (χ0v) is 32.0. The van der Waals surface area contributed by atoms with Gasteiger partial charge in [-0.05, 0) is 78.2 Å². The highest BCUT2D eigenvalue weighted by Gasteiger charge is 2.45. The van der Waals surface area contributed by atoms with Gasteiger partial charge in [-0.1, -0.05) is 105 Å². The molecule has 0 N–H and O–H groups in total. The van der Waals surface area contributed by atoms with Crippen LogP contribution in [0.3, 0.4) is 0 Å². The van der Waals surface area contributed by atoms with E-state index in [4.69, 9.17) is 18.3 Å². The maximum absolute atomic E-state index is 7.24. The molecule has 0 fully saturated rings. The largest absolute Gasteiger partial charge is 0.488 e. The van der Waals surface area contributed by atoms with E-state index in [0.29, 0.717) is 29.8 Å². The number of hydrogen-bond acceptors (Lipinski definition) is 4. The van der Waals surface area contributed by atoms with E-state index in [2.05, 4.69) is 112 Å². The Balaban J connectivity index is 2.24. The minimum atomic E-state index is -1.90. The molecule has 0 unspecified atom stereocenters. The Bertz CT molecular complexity index is 998. The highest BCUT2D eigenvalue weighted by Crippen LogP contribution is 2.43. The molecular formula is C38H66O4Si2. The van der Waals surface area contributed by atoms with Gasteiger partial charge in [-0.15, -0.1) is 6.58 Å². The first-order valence-corrected chi connectivity index (χ1v) is 22.2. The van der Waals surface area contributed by atoms with Gasteiger partial charge in [0.15, 0.2) is 16.6 Å². The molecule has 1 aromatic carbocycles. The summed E-state index contributed by atoms with van der Waals surface area (Å²) in [5.41, 5.74) is 3.83. The van der Waals surface area contributed by atoms with Crippen molar-refractivity contribution in [3.8, 4) is 0 Å². The first kappa shape index (κ1) is 38.7. The first-order chi connectivity index (χ1) is 20.9. The summed E-state index contributed by atoms with van der Waals surface area (Å²) >= 11 is 0. The third kappa shape index (κ3) is 10.5. The summed E-state index contributed by atoms with van der Waals surface area (Å²) in [6.45, 7) is 29.6. The lowest BCUT2D eigenvalue weighted by Gasteiger charge is -2.44. The number of rotatable bonds is 21.